The molecule has 0 bridgehead atoms. The van der Waals surface area contributed by atoms with Crippen molar-refractivity contribution in [1.82, 2.24) is 10.2 Å². The van der Waals surface area contributed by atoms with Gasteiger partial charge in [-0.15, -0.1) is 0 Å². The van der Waals surface area contributed by atoms with E-state index in [-0.39, 0.29) is 0 Å². The average molecular weight is 259 g/mol. The zero-order valence-electron chi connectivity index (χ0n) is 11.6. The number of methoxy groups -OCH3 is 1. The summed E-state index contributed by atoms with van der Waals surface area (Å²) in [4.78, 5) is 2.36. The molecule has 1 N–H and O–H groups in total. The lowest BCUT2D eigenvalue weighted by Gasteiger charge is -2.32. The summed E-state index contributed by atoms with van der Waals surface area (Å²) in [5, 5.41) is 12.4. The zero-order valence-corrected chi connectivity index (χ0v) is 11.6. The Labute approximate surface area is 115 Å². The number of hydrogen-bond acceptors (Lipinski definition) is 4. The Morgan fingerprint density at radius 3 is 2.79 bits per heavy atom. The van der Waals surface area contributed by atoms with Gasteiger partial charge in [-0.05, 0) is 51.2 Å². The zero-order chi connectivity index (χ0) is 13.7. The fourth-order valence-corrected chi connectivity index (χ4v) is 2.62. The van der Waals surface area contributed by atoms with Crippen molar-refractivity contribution >= 4 is 0 Å². The molecule has 0 amide bonds. The van der Waals surface area contributed by atoms with Gasteiger partial charge in [0.15, 0.2) is 0 Å². The lowest BCUT2D eigenvalue weighted by atomic mass is 10.0. The molecule has 1 heterocycles. The van der Waals surface area contributed by atoms with Crippen LogP contribution in [0.3, 0.4) is 0 Å². The number of nitriles is 1. The maximum Gasteiger partial charge on any atom is 0.123 e. The first-order valence-electron chi connectivity index (χ1n) is 6.72. The monoisotopic (exact) mass is 259 g/mol. The molecule has 4 nitrogen and oxygen atoms in total. The largest absolute Gasteiger partial charge is 0.496 e. The molecule has 0 radical (unpaired) electrons. The third-order valence-electron chi connectivity index (χ3n) is 3.76. The lowest BCUT2D eigenvalue weighted by molar-refractivity contribution is 0.190. The van der Waals surface area contributed by atoms with Crippen LogP contribution in [0.4, 0.5) is 0 Å². The summed E-state index contributed by atoms with van der Waals surface area (Å²) < 4.78 is 5.38. The van der Waals surface area contributed by atoms with E-state index in [0.29, 0.717) is 11.6 Å². The topological polar surface area (TPSA) is 48.3 Å². The van der Waals surface area contributed by atoms with E-state index in [9.17, 15) is 0 Å². The second kappa shape index (κ2) is 6.55. The predicted molar refractivity (Wildman–Crippen MR) is 75.1 cm³/mol. The van der Waals surface area contributed by atoms with E-state index >= 15 is 0 Å². The molecule has 1 aromatic carbocycles. The van der Waals surface area contributed by atoms with E-state index in [4.69, 9.17) is 10.00 Å². The summed E-state index contributed by atoms with van der Waals surface area (Å²) in [5.74, 6) is 0.861. The molecule has 4 heteroatoms. The molecule has 1 aliphatic rings. The van der Waals surface area contributed by atoms with E-state index in [1.54, 1.807) is 13.2 Å². The normalized spacial score (nSPS) is 16.3. The average Bonchev–Trinajstić information content (AvgIpc) is 2.48. The molecule has 1 aliphatic heterocycles. The summed E-state index contributed by atoms with van der Waals surface area (Å²) in [7, 11) is 3.82. The minimum absolute atomic E-state index is 0.608. The van der Waals surface area contributed by atoms with Crippen molar-refractivity contribution in [2.75, 3.05) is 27.2 Å². The molecule has 19 heavy (non-hydrogen) atoms. The van der Waals surface area contributed by atoms with Crippen LogP contribution >= 0.6 is 0 Å². The van der Waals surface area contributed by atoms with Crippen LogP contribution in [0.15, 0.2) is 18.2 Å². The number of nitrogens with one attached hydrogen (secondary N) is 1. The number of rotatable bonds is 4. The van der Waals surface area contributed by atoms with E-state index in [1.165, 1.54) is 12.8 Å². The Morgan fingerprint density at radius 2 is 2.16 bits per heavy atom. The fourth-order valence-electron chi connectivity index (χ4n) is 2.62. The fraction of sp³-hybridized carbons (Fsp3) is 0.533. The molecular formula is C15H21N3O. The van der Waals surface area contributed by atoms with E-state index < -0.39 is 0 Å². The highest BCUT2D eigenvalue weighted by atomic mass is 16.5. The Balaban J connectivity index is 2.10. The van der Waals surface area contributed by atoms with Gasteiger partial charge in [0, 0.05) is 18.2 Å². The van der Waals surface area contributed by atoms with E-state index in [0.717, 1.165) is 30.9 Å². The van der Waals surface area contributed by atoms with Crippen LogP contribution in [0.1, 0.15) is 24.0 Å². The van der Waals surface area contributed by atoms with Crippen LogP contribution in [0, 0.1) is 11.3 Å². The minimum Gasteiger partial charge on any atom is -0.496 e. The van der Waals surface area contributed by atoms with Gasteiger partial charge in [-0.25, -0.2) is 0 Å². The first kappa shape index (κ1) is 13.9. The van der Waals surface area contributed by atoms with Gasteiger partial charge in [0.2, 0.25) is 0 Å². The summed E-state index contributed by atoms with van der Waals surface area (Å²) in [5.41, 5.74) is 1.78. The van der Waals surface area contributed by atoms with Crippen LogP contribution in [0.25, 0.3) is 0 Å². The molecule has 1 fully saturated rings. The highest BCUT2D eigenvalue weighted by molar-refractivity contribution is 5.42. The van der Waals surface area contributed by atoms with E-state index in [1.807, 2.05) is 12.1 Å². The van der Waals surface area contributed by atoms with Crippen LogP contribution in [0.5, 0.6) is 5.75 Å². The van der Waals surface area contributed by atoms with Gasteiger partial charge in [0.1, 0.15) is 5.75 Å². The van der Waals surface area contributed by atoms with Crippen molar-refractivity contribution in [2.24, 2.45) is 0 Å². The highest BCUT2D eigenvalue weighted by Crippen LogP contribution is 2.23. The van der Waals surface area contributed by atoms with Gasteiger partial charge in [0.25, 0.3) is 0 Å². The maximum atomic E-state index is 9.00. The second-order valence-corrected chi connectivity index (χ2v) is 5.03. The van der Waals surface area contributed by atoms with Gasteiger partial charge in [-0.1, -0.05) is 0 Å². The molecule has 0 spiro atoms. The number of nitrogens with zero attached hydrogens (tertiary/aromatic N) is 2. The quantitative estimate of drug-likeness (QED) is 0.895. The standard InChI is InChI=1S/C15H21N3O/c1-18(14-5-7-17-8-6-14)11-13-9-12(10-16)3-4-15(13)19-2/h3-4,9,14,17H,5-8,11H2,1-2H3. The summed E-state index contributed by atoms with van der Waals surface area (Å²) in [6.07, 6.45) is 2.35. The second-order valence-electron chi connectivity index (χ2n) is 5.03. The molecule has 2 rings (SSSR count). The maximum absolute atomic E-state index is 9.00. The van der Waals surface area contributed by atoms with E-state index in [2.05, 4.69) is 23.3 Å². The van der Waals surface area contributed by atoms with Crippen LogP contribution in [-0.2, 0) is 6.54 Å². The van der Waals surface area contributed by atoms with Crippen LogP contribution in [0.2, 0.25) is 0 Å². The number of benzene rings is 1. The van der Waals surface area contributed by atoms with Crippen LogP contribution < -0.4 is 10.1 Å². The van der Waals surface area contributed by atoms with Crippen molar-refractivity contribution in [3.63, 3.8) is 0 Å². The Kier molecular flexibility index (Phi) is 4.78. The Hall–Kier alpha value is -1.57. The molecule has 1 saturated heterocycles. The van der Waals surface area contributed by atoms with Crippen LogP contribution in [-0.4, -0.2) is 38.2 Å². The Morgan fingerprint density at radius 1 is 1.42 bits per heavy atom. The molecular weight excluding hydrogens is 238 g/mol. The molecule has 102 valence electrons. The van der Waals surface area contributed by atoms with Gasteiger partial charge in [-0.2, -0.15) is 5.26 Å². The predicted octanol–water partition coefficient (Wildman–Crippen LogP) is 1.75. The summed E-state index contributed by atoms with van der Waals surface area (Å²) in [6.45, 7) is 3.00. The molecule has 0 aromatic heterocycles. The van der Waals surface area contributed by atoms with Crippen molar-refractivity contribution in [2.45, 2.75) is 25.4 Å². The van der Waals surface area contributed by atoms with Crippen molar-refractivity contribution in [3.05, 3.63) is 29.3 Å². The van der Waals surface area contributed by atoms with Crippen molar-refractivity contribution in [3.8, 4) is 11.8 Å². The van der Waals surface area contributed by atoms with Gasteiger partial charge >= 0.3 is 0 Å². The first-order chi connectivity index (χ1) is 9.24. The summed E-state index contributed by atoms with van der Waals surface area (Å²) >= 11 is 0. The van der Waals surface area contributed by atoms with Gasteiger partial charge < -0.3 is 10.1 Å². The highest BCUT2D eigenvalue weighted by Gasteiger charge is 2.19. The SMILES string of the molecule is COc1ccc(C#N)cc1CN(C)C1CCNCC1. The number of piperidine rings is 1. The molecule has 1 aromatic rings. The van der Waals surface area contributed by atoms with Gasteiger partial charge in [-0.3, -0.25) is 4.90 Å². The molecule has 0 aliphatic carbocycles. The third-order valence-corrected chi connectivity index (χ3v) is 3.76. The molecule has 0 saturated carbocycles. The number of hydrogen-bond donors (Lipinski definition) is 1. The first-order valence-corrected chi connectivity index (χ1v) is 6.72. The smallest absolute Gasteiger partial charge is 0.123 e. The number of ether oxygens (including phenoxy) is 1. The summed E-state index contributed by atoms with van der Waals surface area (Å²) in [6, 6.07) is 8.40. The minimum atomic E-state index is 0.608. The lowest BCUT2D eigenvalue weighted by Crippen LogP contribution is -2.40. The van der Waals surface area contributed by atoms with Crippen molar-refractivity contribution < 1.29 is 4.74 Å². The molecule has 0 unspecified atom stereocenters. The molecule has 0 atom stereocenters. The Bertz CT molecular complexity index is 461. The third kappa shape index (κ3) is 3.46. The van der Waals surface area contributed by atoms with Gasteiger partial charge in [0.05, 0.1) is 18.7 Å². The van der Waals surface area contributed by atoms with Crippen molar-refractivity contribution in [1.29, 1.82) is 5.26 Å².